The number of hydrogen-bond acceptors (Lipinski definition) is 2. The Kier molecular flexibility index (Phi) is 5.45. The van der Waals surface area contributed by atoms with E-state index in [-0.39, 0.29) is 23.5 Å². The molecule has 0 fully saturated rings. The Morgan fingerprint density at radius 1 is 1.40 bits per heavy atom. The van der Waals surface area contributed by atoms with E-state index in [1.165, 1.54) is 6.07 Å². The molecule has 1 aromatic carbocycles. The predicted octanol–water partition coefficient (Wildman–Crippen LogP) is 2.93. The van der Waals surface area contributed by atoms with Gasteiger partial charge in [-0.3, -0.25) is 4.79 Å². The minimum absolute atomic E-state index is 0.0444. The molecule has 2 N–H and O–H groups in total. The predicted molar refractivity (Wildman–Crippen MR) is 77.4 cm³/mol. The van der Waals surface area contributed by atoms with Gasteiger partial charge in [-0.05, 0) is 30.0 Å². The maximum Gasteiger partial charge on any atom is 0.244 e. The maximum absolute atomic E-state index is 13.2. The van der Waals surface area contributed by atoms with Crippen LogP contribution in [0.15, 0.2) is 29.8 Å². The number of benzene rings is 1. The Morgan fingerprint density at radius 2 is 2.05 bits per heavy atom. The number of allylic oxidation sites excluding steroid dienone is 1. The Morgan fingerprint density at radius 3 is 2.60 bits per heavy atom. The summed E-state index contributed by atoms with van der Waals surface area (Å²) < 4.78 is 13.2. The van der Waals surface area contributed by atoms with Crippen LogP contribution in [0.5, 0.6) is 0 Å². The Labute approximate surface area is 119 Å². The van der Waals surface area contributed by atoms with E-state index in [0.717, 1.165) is 11.1 Å². The van der Waals surface area contributed by atoms with Crippen LogP contribution in [0.3, 0.4) is 0 Å². The van der Waals surface area contributed by atoms with Crippen molar-refractivity contribution in [1.82, 2.24) is 5.32 Å². The summed E-state index contributed by atoms with van der Waals surface area (Å²) in [5.74, 6) is -0.613. The topological polar surface area (TPSA) is 49.3 Å². The van der Waals surface area contributed by atoms with E-state index in [4.69, 9.17) is 5.11 Å². The van der Waals surface area contributed by atoms with Crippen molar-refractivity contribution in [3.8, 4) is 0 Å². The zero-order valence-corrected chi connectivity index (χ0v) is 12.5. The molecule has 1 amide bonds. The molecule has 110 valence electrons. The van der Waals surface area contributed by atoms with Crippen molar-refractivity contribution in [3.63, 3.8) is 0 Å². The SMILES string of the molecule is C/C(=C/C(=O)NCc1ccc(F)c(CO)c1)C(C)(C)C. The first kappa shape index (κ1) is 16.4. The summed E-state index contributed by atoms with van der Waals surface area (Å²) in [5.41, 5.74) is 1.94. The molecule has 0 aliphatic rings. The standard InChI is InChI=1S/C16H22FNO2/c1-11(16(2,3)4)7-15(20)18-9-12-5-6-14(17)13(8-12)10-19/h5-8,19H,9-10H2,1-4H3,(H,18,20)/b11-7-. The van der Waals surface area contributed by atoms with Gasteiger partial charge >= 0.3 is 0 Å². The van der Waals surface area contributed by atoms with Crippen molar-refractivity contribution in [1.29, 1.82) is 0 Å². The highest BCUT2D eigenvalue weighted by Crippen LogP contribution is 2.23. The molecule has 0 unspecified atom stereocenters. The molecule has 0 saturated carbocycles. The summed E-state index contributed by atoms with van der Waals surface area (Å²) in [7, 11) is 0. The molecule has 4 heteroatoms. The summed E-state index contributed by atoms with van der Waals surface area (Å²) in [6.45, 7) is 8.00. The lowest BCUT2D eigenvalue weighted by Crippen LogP contribution is -2.22. The zero-order valence-electron chi connectivity index (χ0n) is 12.5. The number of amides is 1. The Hall–Kier alpha value is -1.68. The molecular formula is C16H22FNO2. The first-order valence-corrected chi connectivity index (χ1v) is 6.59. The summed E-state index contributed by atoms with van der Waals surface area (Å²) in [4.78, 5) is 11.8. The molecule has 20 heavy (non-hydrogen) atoms. The highest BCUT2D eigenvalue weighted by Gasteiger charge is 2.13. The van der Waals surface area contributed by atoms with Crippen LogP contribution in [0.2, 0.25) is 0 Å². The molecule has 1 rings (SSSR count). The molecule has 0 atom stereocenters. The van der Waals surface area contributed by atoms with Crippen LogP contribution in [0, 0.1) is 11.2 Å². The fraction of sp³-hybridized carbons (Fsp3) is 0.438. The largest absolute Gasteiger partial charge is 0.392 e. The van der Waals surface area contributed by atoms with Crippen LogP contribution < -0.4 is 5.32 Å². The van der Waals surface area contributed by atoms with Crippen molar-refractivity contribution in [3.05, 3.63) is 46.8 Å². The average molecular weight is 279 g/mol. The van der Waals surface area contributed by atoms with E-state index in [0.29, 0.717) is 6.54 Å². The van der Waals surface area contributed by atoms with Crippen LogP contribution >= 0.6 is 0 Å². The summed E-state index contributed by atoms with van der Waals surface area (Å²) in [6.07, 6.45) is 1.58. The minimum atomic E-state index is -0.439. The number of aliphatic hydroxyl groups is 1. The van der Waals surface area contributed by atoms with E-state index in [1.807, 2.05) is 27.7 Å². The number of carbonyl (C=O) groups is 1. The maximum atomic E-state index is 13.2. The Bertz CT molecular complexity index is 516. The molecule has 3 nitrogen and oxygen atoms in total. The number of carbonyl (C=O) groups excluding carboxylic acids is 1. The lowest BCUT2D eigenvalue weighted by Gasteiger charge is -2.19. The van der Waals surface area contributed by atoms with Gasteiger partial charge in [-0.1, -0.05) is 32.4 Å². The van der Waals surface area contributed by atoms with Gasteiger partial charge in [-0.15, -0.1) is 0 Å². The molecule has 0 aromatic heterocycles. The molecule has 0 radical (unpaired) electrons. The van der Waals surface area contributed by atoms with Crippen LogP contribution in [0.1, 0.15) is 38.8 Å². The van der Waals surface area contributed by atoms with Crippen LogP contribution in [-0.2, 0) is 17.9 Å². The van der Waals surface area contributed by atoms with Crippen molar-refractivity contribution in [2.75, 3.05) is 0 Å². The molecule has 0 aliphatic carbocycles. The smallest absolute Gasteiger partial charge is 0.244 e. The van der Waals surface area contributed by atoms with Gasteiger partial charge in [-0.2, -0.15) is 0 Å². The third-order valence-electron chi connectivity index (χ3n) is 3.28. The first-order chi connectivity index (χ1) is 9.24. The third-order valence-corrected chi connectivity index (χ3v) is 3.28. The van der Waals surface area contributed by atoms with Crippen molar-refractivity contribution < 1.29 is 14.3 Å². The number of hydrogen-bond donors (Lipinski definition) is 2. The monoisotopic (exact) mass is 279 g/mol. The van der Waals surface area contributed by atoms with E-state index in [1.54, 1.807) is 18.2 Å². The zero-order chi connectivity index (χ0) is 15.3. The van der Waals surface area contributed by atoms with Gasteiger partial charge in [0.05, 0.1) is 6.61 Å². The van der Waals surface area contributed by atoms with E-state index >= 15 is 0 Å². The van der Waals surface area contributed by atoms with Crippen LogP contribution in [-0.4, -0.2) is 11.0 Å². The lowest BCUT2D eigenvalue weighted by atomic mass is 9.87. The van der Waals surface area contributed by atoms with Crippen molar-refractivity contribution in [2.45, 2.75) is 40.8 Å². The molecule has 0 aliphatic heterocycles. The fourth-order valence-corrected chi connectivity index (χ4v) is 1.51. The highest BCUT2D eigenvalue weighted by atomic mass is 19.1. The van der Waals surface area contributed by atoms with Gasteiger partial charge in [0.25, 0.3) is 0 Å². The highest BCUT2D eigenvalue weighted by molar-refractivity contribution is 5.88. The molecule has 0 heterocycles. The van der Waals surface area contributed by atoms with Gasteiger partial charge in [-0.25, -0.2) is 4.39 Å². The first-order valence-electron chi connectivity index (χ1n) is 6.59. The van der Waals surface area contributed by atoms with Gasteiger partial charge in [0.1, 0.15) is 5.82 Å². The second kappa shape index (κ2) is 6.66. The quantitative estimate of drug-likeness (QED) is 0.833. The number of aliphatic hydroxyl groups excluding tert-OH is 1. The molecular weight excluding hydrogens is 257 g/mol. The third kappa shape index (κ3) is 4.78. The Balaban J connectivity index is 2.66. The van der Waals surface area contributed by atoms with E-state index in [2.05, 4.69) is 5.32 Å². The average Bonchev–Trinajstić information content (AvgIpc) is 2.36. The lowest BCUT2D eigenvalue weighted by molar-refractivity contribution is -0.116. The number of rotatable bonds is 4. The number of halogens is 1. The number of nitrogens with one attached hydrogen (secondary N) is 1. The van der Waals surface area contributed by atoms with Gasteiger partial charge in [0.15, 0.2) is 0 Å². The van der Waals surface area contributed by atoms with Gasteiger partial charge in [0, 0.05) is 18.2 Å². The molecule has 0 bridgehead atoms. The normalized spacial score (nSPS) is 12.4. The molecule has 0 saturated heterocycles. The van der Waals surface area contributed by atoms with Crippen molar-refractivity contribution >= 4 is 5.91 Å². The summed E-state index contributed by atoms with van der Waals surface area (Å²) >= 11 is 0. The van der Waals surface area contributed by atoms with E-state index in [9.17, 15) is 9.18 Å². The molecule has 0 spiro atoms. The van der Waals surface area contributed by atoms with E-state index < -0.39 is 5.82 Å². The minimum Gasteiger partial charge on any atom is -0.392 e. The second-order valence-corrected chi connectivity index (χ2v) is 5.88. The fourth-order valence-electron chi connectivity index (χ4n) is 1.51. The summed E-state index contributed by atoms with van der Waals surface area (Å²) in [6, 6.07) is 4.44. The van der Waals surface area contributed by atoms with Crippen LogP contribution in [0.25, 0.3) is 0 Å². The van der Waals surface area contributed by atoms with Gasteiger partial charge in [0.2, 0.25) is 5.91 Å². The molecule has 1 aromatic rings. The van der Waals surface area contributed by atoms with Crippen LogP contribution in [0.4, 0.5) is 4.39 Å². The second-order valence-electron chi connectivity index (χ2n) is 5.88. The summed E-state index contributed by atoms with van der Waals surface area (Å²) in [5, 5.41) is 11.7. The van der Waals surface area contributed by atoms with Gasteiger partial charge < -0.3 is 10.4 Å². The van der Waals surface area contributed by atoms with Crippen molar-refractivity contribution in [2.24, 2.45) is 5.41 Å².